The van der Waals surface area contributed by atoms with E-state index in [1.165, 1.54) is 18.1 Å². The average molecular weight is 173 g/mol. The van der Waals surface area contributed by atoms with Crippen molar-refractivity contribution in [2.24, 2.45) is 0 Å². The Morgan fingerprint density at radius 1 is 1.92 bits per heavy atom. The lowest BCUT2D eigenvalue weighted by Crippen LogP contribution is -2.33. The molecule has 12 heavy (non-hydrogen) atoms. The summed E-state index contributed by atoms with van der Waals surface area (Å²) in [6.45, 7) is 0. The lowest BCUT2D eigenvalue weighted by molar-refractivity contribution is -0.140. The van der Waals surface area contributed by atoms with E-state index in [-0.39, 0.29) is 6.42 Å². The Labute approximate surface area is 67.6 Å². The first-order chi connectivity index (χ1) is 5.74. The Morgan fingerprint density at radius 3 is 3.08 bits per heavy atom. The molecule has 1 atom stereocenters. The molecule has 0 amide bonds. The number of carbonyl (C=O) groups is 1. The van der Waals surface area contributed by atoms with Crippen molar-refractivity contribution in [2.45, 2.75) is 12.5 Å². The fourth-order valence-electron chi connectivity index (χ4n) is 0.789. The second-order valence-corrected chi connectivity index (χ2v) is 2.28. The van der Waals surface area contributed by atoms with Gasteiger partial charge in [0, 0.05) is 18.3 Å². The Morgan fingerprint density at radius 2 is 2.67 bits per heavy atom. The molecule has 0 fully saturated rings. The van der Waals surface area contributed by atoms with E-state index in [0.717, 1.165) is 0 Å². The third-order valence-electron chi connectivity index (χ3n) is 1.41. The van der Waals surface area contributed by atoms with Crippen LogP contribution in [0.1, 0.15) is 5.69 Å². The summed E-state index contributed by atoms with van der Waals surface area (Å²) in [6.07, 6.45) is 2.91. The van der Waals surface area contributed by atoms with Crippen LogP contribution >= 0.6 is 0 Å². The molecule has 66 valence electrons. The van der Waals surface area contributed by atoms with Crippen molar-refractivity contribution in [2.75, 3.05) is 0 Å². The van der Waals surface area contributed by atoms with Crippen molar-refractivity contribution in [1.29, 1.82) is 0 Å². The molecule has 5 nitrogen and oxygen atoms in total. The van der Waals surface area contributed by atoms with E-state index in [1.807, 2.05) is 0 Å². The Hall–Kier alpha value is -1.43. The molecule has 1 heterocycles. The molecule has 0 saturated carbocycles. The monoisotopic (exact) mass is 173 g/mol. The van der Waals surface area contributed by atoms with E-state index in [9.17, 15) is 9.28 Å². The minimum atomic E-state index is -1.23. The normalized spacial score (nSPS) is 12.8. The zero-order chi connectivity index (χ0) is 8.97. The molecule has 0 spiro atoms. The van der Waals surface area contributed by atoms with Gasteiger partial charge in [-0.2, -0.15) is 0 Å². The van der Waals surface area contributed by atoms with Crippen molar-refractivity contribution in [3.63, 3.8) is 0 Å². The van der Waals surface area contributed by atoms with Gasteiger partial charge in [0.1, 0.15) is 6.04 Å². The highest BCUT2D eigenvalue weighted by Crippen LogP contribution is 1.98. The lowest BCUT2D eigenvalue weighted by atomic mass is 10.2. The summed E-state index contributed by atoms with van der Waals surface area (Å²) in [5.41, 5.74) is 1.77. The van der Waals surface area contributed by atoms with Crippen LogP contribution in [0.2, 0.25) is 0 Å². The molecule has 0 radical (unpaired) electrons. The van der Waals surface area contributed by atoms with Crippen LogP contribution in [0.5, 0.6) is 0 Å². The summed E-state index contributed by atoms with van der Waals surface area (Å²) in [7, 11) is 0. The number of aliphatic carboxylic acids is 1. The topological polar surface area (TPSA) is 78.0 Å². The number of H-pyrrole nitrogens is 1. The van der Waals surface area contributed by atoms with Crippen LogP contribution < -0.4 is 5.54 Å². The number of nitrogens with one attached hydrogen (secondary N) is 2. The number of halogens is 1. The molecular formula is C6H8FN3O2. The number of hydrogen-bond donors (Lipinski definition) is 3. The number of hydrogen-bond acceptors (Lipinski definition) is 3. The van der Waals surface area contributed by atoms with Crippen LogP contribution in [-0.4, -0.2) is 27.1 Å². The highest BCUT2D eigenvalue weighted by molar-refractivity contribution is 5.73. The molecule has 1 rings (SSSR count). The predicted molar refractivity (Wildman–Crippen MR) is 38.0 cm³/mol. The third kappa shape index (κ3) is 2.03. The summed E-state index contributed by atoms with van der Waals surface area (Å²) in [6, 6.07) is -1.22. The Balaban J connectivity index is 2.54. The maximum absolute atomic E-state index is 11.8. The number of nitrogens with zero attached hydrogens (tertiary/aromatic N) is 1. The van der Waals surface area contributed by atoms with Crippen LogP contribution in [0.3, 0.4) is 0 Å². The molecule has 0 saturated heterocycles. The fraction of sp³-hybridized carbons (Fsp3) is 0.333. The van der Waals surface area contributed by atoms with Crippen molar-refractivity contribution < 1.29 is 14.4 Å². The van der Waals surface area contributed by atoms with Crippen molar-refractivity contribution in [3.05, 3.63) is 18.2 Å². The smallest absolute Gasteiger partial charge is 0.323 e. The average Bonchev–Trinajstić information content (AvgIpc) is 2.51. The summed E-state index contributed by atoms with van der Waals surface area (Å²) in [5.74, 6) is -1.23. The number of aromatic amines is 1. The zero-order valence-electron chi connectivity index (χ0n) is 6.12. The number of imidazole rings is 1. The van der Waals surface area contributed by atoms with E-state index < -0.39 is 12.0 Å². The summed E-state index contributed by atoms with van der Waals surface area (Å²) < 4.78 is 11.8. The zero-order valence-corrected chi connectivity index (χ0v) is 6.12. The van der Waals surface area contributed by atoms with Gasteiger partial charge in [0.15, 0.2) is 0 Å². The summed E-state index contributed by atoms with van der Waals surface area (Å²) >= 11 is 0. The molecule has 1 aromatic rings. The standard InChI is InChI=1S/C6H8FN3O2/c7-10-5(6(11)12)1-4-2-8-3-9-4/h2-3,5,10H,1H2,(H,8,9)(H,11,12)/t5-/m1/s1. The second-order valence-electron chi connectivity index (χ2n) is 2.28. The maximum Gasteiger partial charge on any atom is 0.323 e. The van der Waals surface area contributed by atoms with Gasteiger partial charge >= 0.3 is 5.97 Å². The van der Waals surface area contributed by atoms with Crippen molar-refractivity contribution in [1.82, 2.24) is 15.5 Å². The number of rotatable bonds is 4. The van der Waals surface area contributed by atoms with E-state index in [4.69, 9.17) is 5.11 Å². The molecule has 6 heteroatoms. The van der Waals surface area contributed by atoms with Gasteiger partial charge in [0.05, 0.1) is 6.33 Å². The molecular weight excluding hydrogens is 165 g/mol. The van der Waals surface area contributed by atoms with Crippen LogP contribution in [-0.2, 0) is 11.2 Å². The van der Waals surface area contributed by atoms with Gasteiger partial charge < -0.3 is 10.1 Å². The first kappa shape index (κ1) is 8.66. The van der Waals surface area contributed by atoms with E-state index in [2.05, 4.69) is 9.97 Å². The van der Waals surface area contributed by atoms with Gasteiger partial charge in [0.2, 0.25) is 0 Å². The van der Waals surface area contributed by atoms with Gasteiger partial charge in [-0.05, 0) is 0 Å². The lowest BCUT2D eigenvalue weighted by Gasteiger charge is -2.05. The van der Waals surface area contributed by atoms with Gasteiger partial charge in [0.25, 0.3) is 0 Å². The molecule has 0 bridgehead atoms. The minimum Gasteiger partial charge on any atom is -0.480 e. The van der Waals surface area contributed by atoms with E-state index in [0.29, 0.717) is 5.69 Å². The molecule has 0 aliphatic heterocycles. The van der Waals surface area contributed by atoms with Crippen LogP contribution in [0.4, 0.5) is 4.48 Å². The SMILES string of the molecule is O=C(O)[C@@H](Cc1cnc[nH]1)NF. The predicted octanol–water partition coefficient (Wildman–Crippen LogP) is -0.120. The van der Waals surface area contributed by atoms with E-state index >= 15 is 0 Å². The van der Waals surface area contributed by atoms with Gasteiger partial charge in [-0.1, -0.05) is 0 Å². The Kier molecular flexibility index (Phi) is 2.76. The highest BCUT2D eigenvalue weighted by Gasteiger charge is 2.17. The van der Waals surface area contributed by atoms with E-state index in [1.54, 1.807) is 0 Å². The largest absolute Gasteiger partial charge is 0.480 e. The van der Waals surface area contributed by atoms with Crippen LogP contribution in [0.15, 0.2) is 12.5 Å². The quantitative estimate of drug-likeness (QED) is 0.554. The molecule has 0 aliphatic carbocycles. The van der Waals surface area contributed by atoms with Gasteiger partial charge in [-0.25, -0.2) is 4.98 Å². The van der Waals surface area contributed by atoms with Crippen LogP contribution in [0, 0.1) is 0 Å². The maximum atomic E-state index is 11.8. The van der Waals surface area contributed by atoms with Crippen LogP contribution in [0.25, 0.3) is 0 Å². The Bertz CT molecular complexity index is 249. The second kappa shape index (κ2) is 3.82. The molecule has 0 aromatic carbocycles. The molecule has 0 unspecified atom stereocenters. The highest BCUT2D eigenvalue weighted by atomic mass is 19.2. The summed E-state index contributed by atoms with van der Waals surface area (Å²) in [5, 5.41) is 8.44. The van der Waals surface area contributed by atoms with Gasteiger partial charge in [-0.15, -0.1) is 10.0 Å². The number of carboxylic acids is 1. The minimum absolute atomic E-state index is 0.0475. The number of carboxylic acid groups (broad SMARTS) is 1. The molecule has 0 aliphatic rings. The molecule has 1 aromatic heterocycles. The third-order valence-corrected chi connectivity index (χ3v) is 1.41. The molecule has 3 N–H and O–H groups in total. The fourth-order valence-corrected chi connectivity index (χ4v) is 0.789. The first-order valence-electron chi connectivity index (χ1n) is 3.30. The van der Waals surface area contributed by atoms with Gasteiger partial charge in [-0.3, -0.25) is 4.79 Å². The number of aromatic nitrogens is 2. The summed E-state index contributed by atoms with van der Waals surface area (Å²) in [4.78, 5) is 16.7. The first-order valence-corrected chi connectivity index (χ1v) is 3.30. The van der Waals surface area contributed by atoms with Crippen molar-refractivity contribution in [3.8, 4) is 0 Å². The van der Waals surface area contributed by atoms with Crippen molar-refractivity contribution >= 4 is 5.97 Å².